The Bertz CT molecular complexity index is 1420. The summed E-state index contributed by atoms with van der Waals surface area (Å²) in [4.78, 5) is 21.9. The van der Waals surface area contributed by atoms with Crippen molar-refractivity contribution in [3.8, 4) is 11.3 Å². The van der Waals surface area contributed by atoms with Gasteiger partial charge in [0.25, 0.3) is 0 Å². The Morgan fingerprint density at radius 2 is 1.90 bits per heavy atom. The molecule has 0 amide bonds. The zero-order valence-electron chi connectivity index (χ0n) is 22.9. The predicted octanol–water partition coefficient (Wildman–Crippen LogP) is 5.21. The molecule has 0 aliphatic carbocycles. The van der Waals surface area contributed by atoms with Crippen LogP contribution < -0.4 is 5.32 Å². The molecule has 0 saturated carbocycles. The van der Waals surface area contributed by atoms with Crippen molar-refractivity contribution in [1.82, 2.24) is 29.3 Å². The first kappa shape index (κ1) is 27.1. The zero-order valence-corrected chi connectivity index (χ0v) is 22.9. The van der Waals surface area contributed by atoms with Crippen LogP contribution in [-0.2, 0) is 6.42 Å². The highest BCUT2D eigenvalue weighted by molar-refractivity contribution is 5.83. The number of anilines is 1. The molecule has 3 aromatic rings. The second-order valence-corrected chi connectivity index (χ2v) is 10.4. The summed E-state index contributed by atoms with van der Waals surface area (Å²) >= 11 is 0. The minimum Gasteiger partial charge on any atom is -0.325 e. The van der Waals surface area contributed by atoms with E-state index in [1.807, 2.05) is 12.2 Å². The predicted molar refractivity (Wildman–Crippen MR) is 152 cm³/mol. The van der Waals surface area contributed by atoms with Gasteiger partial charge in [-0.1, -0.05) is 18.6 Å². The number of fused-ring (bicyclic) bond motifs is 3. The summed E-state index contributed by atoms with van der Waals surface area (Å²) < 4.78 is 32.1. The molecule has 2 aromatic heterocycles. The normalized spacial score (nSPS) is 19.4. The van der Waals surface area contributed by atoms with E-state index in [2.05, 4.69) is 67.1 Å². The largest absolute Gasteiger partial charge is 0.325 e. The Kier molecular flexibility index (Phi) is 8.13. The summed E-state index contributed by atoms with van der Waals surface area (Å²) in [6.45, 7) is 16.2. The molecule has 1 saturated heterocycles. The van der Waals surface area contributed by atoms with E-state index < -0.39 is 11.6 Å². The van der Waals surface area contributed by atoms with Crippen molar-refractivity contribution in [1.29, 1.82) is 0 Å². The molecule has 1 N–H and O–H groups in total. The van der Waals surface area contributed by atoms with Crippen LogP contribution in [0.4, 0.5) is 14.7 Å². The lowest BCUT2D eigenvalue weighted by atomic mass is 10.1. The van der Waals surface area contributed by atoms with Crippen LogP contribution in [0.25, 0.3) is 22.3 Å². The minimum absolute atomic E-state index is 0.00803. The van der Waals surface area contributed by atoms with Gasteiger partial charge in [0.05, 0.1) is 11.7 Å². The van der Waals surface area contributed by atoms with Gasteiger partial charge in [0.2, 0.25) is 5.95 Å². The average molecular weight is 535 g/mol. The monoisotopic (exact) mass is 534 g/mol. The van der Waals surface area contributed by atoms with Crippen LogP contribution in [-0.4, -0.2) is 75.3 Å². The fraction of sp³-hybridized carbons (Fsp3) is 0.448. The van der Waals surface area contributed by atoms with Gasteiger partial charge in [-0.25, -0.2) is 28.7 Å². The maximum Gasteiger partial charge on any atom is 0.229 e. The Morgan fingerprint density at radius 1 is 1.13 bits per heavy atom. The number of hydrogen-bond acceptors (Lipinski definition) is 7. The van der Waals surface area contributed by atoms with Crippen LogP contribution in [0.5, 0.6) is 0 Å². The van der Waals surface area contributed by atoms with Crippen molar-refractivity contribution in [2.75, 3.05) is 44.6 Å². The number of aliphatic imine (C=N–C) groups is 1. The van der Waals surface area contributed by atoms with Crippen LogP contribution in [0.2, 0.25) is 0 Å². The maximum atomic E-state index is 15.1. The highest BCUT2D eigenvalue weighted by atomic mass is 19.1. The van der Waals surface area contributed by atoms with E-state index >= 15 is 4.39 Å². The van der Waals surface area contributed by atoms with Crippen molar-refractivity contribution in [2.45, 2.75) is 46.1 Å². The minimum atomic E-state index is -0.637. The third-order valence-corrected chi connectivity index (χ3v) is 7.62. The van der Waals surface area contributed by atoms with Crippen molar-refractivity contribution < 1.29 is 8.78 Å². The lowest BCUT2D eigenvalue weighted by Gasteiger charge is -2.34. The number of nitrogens with one attached hydrogen (secondary N) is 1. The summed E-state index contributed by atoms with van der Waals surface area (Å²) in [6, 6.07) is 3.25. The van der Waals surface area contributed by atoms with Crippen LogP contribution in [0.1, 0.15) is 45.5 Å². The zero-order chi connectivity index (χ0) is 27.5. The highest BCUT2D eigenvalue weighted by Crippen LogP contribution is 2.34. The second-order valence-electron chi connectivity index (χ2n) is 10.4. The Balaban J connectivity index is 1.36. The van der Waals surface area contributed by atoms with Gasteiger partial charge in [0.1, 0.15) is 22.9 Å². The van der Waals surface area contributed by atoms with Crippen LogP contribution in [0.3, 0.4) is 0 Å². The molecule has 39 heavy (non-hydrogen) atoms. The first-order chi connectivity index (χ1) is 18.9. The third kappa shape index (κ3) is 5.91. The Labute approximate surface area is 228 Å². The number of allylic oxidation sites excluding steroid dienone is 2. The molecule has 1 fully saturated rings. The molecule has 2 aliphatic heterocycles. The smallest absolute Gasteiger partial charge is 0.229 e. The fourth-order valence-electron chi connectivity index (χ4n) is 5.46. The molecule has 0 radical (unpaired) electrons. The summed E-state index contributed by atoms with van der Waals surface area (Å²) in [5, 5.41) is 3.01. The van der Waals surface area contributed by atoms with Gasteiger partial charge in [0.15, 0.2) is 11.6 Å². The van der Waals surface area contributed by atoms with Gasteiger partial charge < -0.3 is 14.8 Å². The number of aryl methyl sites for hydroxylation is 1. The number of nitrogens with zero attached hydrogens (tertiary/aromatic N) is 7. The van der Waals surface area contributed by atoms with Crippen LogP contribution in [0.15, 0.2) is 46.9 Å². The number of piperazine rings is 1. The molecule has 1 unspecified atom stereocenters. The molecule has 10 heteroatoms. The Hall–Kier alpha value is -3.50. The highest BCUT2D eigenvalue weighted by Gasteiger charge is 2.23. The van der Waals surface area contributed by atoms with Crippen molar-refractivity contribution >= 4 is 23.7 Å². The lowest BCUT2D eigenvalue weighted by Crippen LogP contribution is -2.46. The van der Waals surface area contributed by atoms with E-state index in [4.69, 9.17) is 0 Å². The molecular formula is C29H36F2N8. The standard InChI is InChI=1S/C29H36F2N8/c1-5-37-11-13-38(14-12-37)18-19(2)9-10-25(32-4)34-29-33-17-23(31)27(36-29)21-15-22(30)28-24(16-21)39-20(3)7-6-8-26(39)35-28/h9-10,15-17,20H,4-8,11-14,18H2,1-3H3,(H,33,34,36)/b19-9+,25-10+. The van der Waals surface area contributed by atoms with Gasteiger partial charge in [0, 0.05) is 50.7 Å². The van der Waals surface area contributed by atoms with E-state index in [9.17, 15) is 4.39 Å². The maximum absolute atomic E-state index is 15.1. The number of rotatable bonds is 8. The van der Waals surface area contributed by atoms with Crippen LogP contribution in [0, 0.1) is 11.6 Å². The third-order valence-electron chi connectivity index (χ3n) is 7.62. The van der Waals surface area contributed by atoms with E-state index in [0.29, 0.717) is 22.4 Å². The first-order valence-electron chi connectivity index (χ1n) is 13.7. The van der Waals surface area contributed by atoms with E-state index in [1.54, 1.807) is 6.07 Å². The van der Waals surface area contributed by atoms with Gasteiger partial charge in [-0.2, -0.15) is 0 Å². The van der Waals surface area contributed by atoms with E-state index in [0.717, 1.165) is 70.6 Å². The van der Waals surface area contributed by atoms with Gasteiger partial charge >= 0.3 is 0 Å². The summed E-state index contributed by atoms with van der Waals surface area (Å²) in [7, 11) is 0. The molecule has 2 aliphatic rings. The SMILES string of the molecule is C=N/C(=C\C=C(/C)CN1CCN(CC)CC1)Nc1ncc(F)c(-c2cc(F)c3nc4n(c3c2)C(C)CCC4)n1. The molecule has 5 rings (SSSR count). The van der Waals surface area contributed by atoms with Crippen LogP contribution >= 0.6 is 0 Å². The molecule has 0 bridgehead atoms. The Morgan fingerprint density at radius 3 is 2.64 bits per heavy atom. The van der Waals surface area contributed by atoms with E-state index in [-0.39, 0.29) is 17.7 Å². The van der Waals surface area contributed by atoms with Gasteiger partial charge in [-0.15, -0.1) is 0 Å². The number of aromatic nitrogens is 4. The number of benzene rings is 1. The summed E-state index contributed by atoms with van der Waals surface area (Å²) in [6.07, 6.45) is 7.69. The molecule has 1 atom stereocenters. The van der Waals surface area contributed by atoms with Crippen molar-refractivity contribution in [3.63, 3.8) is 0 Å². The van der Waals surface area contributed by atoms with Gasteiger partial charge in [-0.05, 0) is 58.2 Å². The molecule has 0 spiro atoms. The average Bonchev–Trinajstić information content (AvgIpc) is 3.33. The number of likely N-dealkylation sites (N-methyl/N-ethyl adjacent to an activating group) is 1. The molecular weight excluding hydrogens is 498 g/mol. The van der Waals surface area contributed by atoms with E-state index in [1.165, 1.54) is 11.6 Å². The van der Waals surface area contributed by atoms with Crippen molar-refractivity contribution in [2.24, 2.45) is 4.99 Å². The lowest BCUT2D eigenvalue weighted by molar-refractivity contribution is 0.146. The quantitative estimate of drug-likeness (QED) is 0.316. The second kappa shape index (κ2) is 11.7. The van der Waals surface area contributed by atoms with Gasteiger partial charge in [-0.3, -0.25) is 4.90 Å². The fourth-order valence-corrected chi connectivity index (χ4v) is 5.46. The molecule has 1 aromatic carbocycles. The molecule has 8 nitrogen and oxygen atoms in total. The number of halogens is 2. The molecule has 4 heterocycles. The molecule has 206 valence electrons. The first-order valence-corrected chi connectivity index (χ1v) is 13.7. The summed E-state index contributed by atoms with van der Waals surface area (Å²) in [5.74, 6) is 0.318. The number of hydrogen-bond donors (Lipinski definition) is 1. The number of imidazole rings is 1. The van der Waals surface area contributed by atoms with Crippen molar-refractivity contribution in [3.05, 3.63) is 59.3 Å². The summed E-state index contributed by atoms with van der Waals surface area (Å²) in [5.41, 5.74) is 2.49. The topological polar surface area (TPSA) is 74.5 Å².